The lowest BCUT2D eigenvalue weighted by Crippen LogP contribution is -2.13. The first-order valence-corrected chi connectivity index (χ1v) is 9.14. The third kappa shape index (κ3) is 3.55. The Kier molecular flexibility index (Phi) is 5.57. The molecule has 1 aromatic carbocycles. The predicted octanol–water partition coefficient (Wildman–Crippen LogP) is 4.89. The zero-order valence-electron chi connectivity index (χ0n) is 14.9. The smallest absolute Gasteiger partial charge is 0.388 e. The Bertz CT molecular complexity index is 1080. The number of benzene rings is 1. The molecule has 2 aromatic heterocycles. The van der Waals surface area contributed by atoms with Crippen LogP contribution >= 0.6 is 22.9 Å². The van der Waals surface area contributed by atoms with Crippen molar-refractivity contribution in [2.24, 2.45) is 0 Å². The van der Waals surface area contributed by atoms with Crippen molar-refractivity contribution in [3.05, 3.63) is 39.9 Å². The molecule has 2 heterocycles. The van der Waals surface area contributed by atoms with Gasteiger partial charge in [0.2, 0.25) is 0 Å². The molecule has 148 valence electrons. The van der Waals surface area contributed by atoms with Crippen molar-refractivity contribution in [3.63, 3.8) is 0 Å². The number of carbonyl (C=O) groups excluding carboxylic acids is 2. The number of thiophene rings is 1. The minimum Gasteiger partial charge on any atom is -0.495 e. The maximum Gasteiger partial charge on any atom is 0.388 e. The number of nitrogens with zero attached hydrogens (tertiary/aromatic N) is 1. The van der Waals surface area contributed by atoms with Gasteiger partial charge in [0.1, 0.15) is 5.75 Å². The Morgan fingerprint density at radius 2 is 2.00 bits per heavy atom. The van der Waals surface area contributed by atoms with E-state index < -0.39 is 18.5 Å². The van der Waals surface area contributed by atoms with Crippen LogP contribution < -0.4 is 14.2 Å². The van der Waals surface area contributed by atoms with Crippen molar-refractivity contribution in [2.45, 2.75) is 20.5 Å². The van der Waals surface area contributed by atoms with E-state index in [-0.39, 0.29) is 21.4 Å². The number of fused-ring (bicyclic) bond motifs is 1. The normalized spacial score (nSPS) is 11.1. The molecular weight excluding hydrogens is 416 g/mol. The van der Waals surface area contributed by atoms with Crippen molar-refractivity contribution in [2.75, 3.05) is 7.11 Å². The van der Waals surface area contributed by atoms with Crippen LogP contribution in [0.25, 0.3) is 10.9 Å². The summed E-state index contributed by atoms with van der Waals surface area (Å²) < 4.78 is 40.9. The third-order valence-electron chi connectivity index (χ3n) is 3.91. The highest BCUT2D eigenvalue weighted by atomic mass is 35.5. The number of hydrogen-bond donors (Lipinski definition) is 0. The molecule has 0 atom stereocenters. The van der Waals surface area contributed by atoms with Gasteiger partial charge < -0.3 is 14.2 Å². The Balaban J connectivity index is 2.19. The summed E-state index contributed by atoms with van der Waals surface area (Å²) in [6.45, 7) is -0.176. The number of esters is 1. The van der Waals surface area contributed by atoms with Crippen molar-refractivity contribution < 1.29 is 32.6 Å². The number of carbonyl (C=O) groups is 2. The van der Waals surface area contributed by atoms with Gasteiger partial charge >= 0.3 is 12.6 Å². The zero-order chi connectivity index (χ0) is 20.6. The summed E-state index contributed by atoms with van der Waals surface area (Å²) in [5.41, 5.74) is 0.849. The van der Waals surface area contributed by atoms with Crippen LogP contribution in [0, 0.1) is 6.92 Å². The minimum absolute atomic E-state index is 0.0904. The van der Waals surface area contributed by atoms with Crippen LogP contribution in [0.2, 0.25) is 5.02 Å². The highest BCUT2D eigenvalue weighted by Gasteiger charge is 2.26. The number of methoxy groups -OCH3 is 1. The van der Waals surface area contributed by atoms with Crippen molar-refractivity contribution >= 4 is 45.7 Å². The standard InChI is InChI=1S/C18H14ClF2NO5S/c1-8-16(26-9(2)23)14-11(4-5-12(25-3)15(14)19)22(8)17(24)10-6-13(28-7-10)27-18(20)21/h4-7,18H,1-3H3. The van der Waals surface area contributed by atoms with E-state index in [4.69, 9.17) is 21.1 Å². The molecule has 0 unspecified atom stereocenters. The number of aromatic nitrogens is 1. The fourth-order valence-electron chi connectivity index (χ4n) is 2.81. The molecule has 0 bridgehead atoms. The van der Waals surface area contributed by atoms with Gasteiger partial charge in [0.25, 0.3) is 5.91 Å². The Labute approximate surface area is 167 Å². The first-order valence-electron chi connectivity index (χ1n) is 7.88. The molecule has 0 fully saturated rings. The monoisotopic (exact) mass is 429 g/mol. The van der Waals surface area contributed by atoms with Gasteiger partial charge in [-0.2, -0.15) is 8.78 Å². The molecule has 3 aromatic rings. The Hall–Kier alpha value is -2.65. The first kappa shape index (κ1) is 20.1. The summed E-state index contributed by atoms with van der Waals surface area (Å²) >= 11 is 7.26. The number of alkyl halides is 2. The van der Waals surface area contributed by atoms with Crippen LogP contribution in [-0.4, -0.2) is 30.2 Å². The van der Waals surface area contributed by atoms with E-state index in [1.165, 1.54) is 30.0 Å². The van der Waals surface area contributed by atoms with E-state index in [0.29, 0.717) is 22.3 Å². The highest BCUT2D eigenvalue weighted by molar-refractivity contribution is 7.12. The van der Waals surface area contributed by atoms with Crippen LogP contribution in [-0.2, 0) is 4.79 Å². The van der Waals surface area contributed by atoms with E-state index in [9.17, 15) is 18.4 Å². The molecule has 0 N–H and O–H groups in total. The molecule has 0 saturated heterocycles. The predicted molar refractivity (Wildman–Crippen MR) is 100 cm³/mol. The second kappa shape index (κ2) is 7.76. The molecule has 0 spiro atoms. The summed E-state index contributed by atoms with van der Waals surface area (Å²) in [6.07, 6.45) is 0. The third-order valence-corrected chi connectivity index (χ3v) is 5.11. The van der Waals surface area contributed by atoms with Gasteiger partial charge in [-0.1, -0.05) is 11.6 Å². The van der Waals surface area contributed by atoms with Gasteiger partial charge in [0, 0.05) is 18.4 Å². The van der Waals surface area contributed by atoms with E-state index in [1.807, 2.05) is 0 Å². The van der Waals surface area contributed by atoms with Gasteiger partial charge in [0.05, 0.1) is 34.3 Å². The lowest BCUT2D eigenvalue weighted by molar-refractivity contribution is -0.131. The van der Waals surface area contributed by atoms with Gasteiger partial charge in [-0.25, -0.2) is 0 Å². The van der Waals surface area contributed by atoms with Gasteiger partial charge in [-0.15, -0.1) is 11.3 Å². The maximum atomic E-state index is 13.1. The number of halogens is 3. The summed E-state index contributed by atoms with van der Waals surface area (Å²) in [5, 5.41) is 1.83. The van der Waals surface area contributed by atoms with Crippen LogP contribution in [0.3, 0.4) is 0 Å². The quantitative estimate of drug-likeness (QED) is 0.540. The summed E-state index contributed by atoms with van der Waals surface area (Å²) in [4.78, 5) is 24.6. The molecule has 0 amide bonds. The Morgan fingerprint density at radius 3 is 2.61 bits per heavy atom. The second-order valence-corrected chi connectivity index (χ2v) is 6.91. The van der Waals surface area contributed by atoms with E-state index >= 15 is 0 Å². The van der Waals surface area contributed by atoms with E-state index in [2.05, 4.69) is 4.74 Å². The second-order valence-electron chi connectivity index (χ2n) is 5.66. The Morgan fingerprint density at radius 1 is 1.29 bits per heavy atom. The molecule has 0 aliphatic heterocycles. The van der Waals surface area contributed by atoms with Crippen LogP contribution in [0.4, 0.5) is 8.78 Å². The molecule has 0 saturated carbocycles. The molecule has 0 aliphatic rings. The number of rotatable bonds is 5. The fraction of sp³-hybridized carbons (Fsp3) is 0.222. The first-order chi connectivity index (χ1) is 13.2. The van der Waals surface area contributed by atoms with Crippen LogP contribution in [0.1, 0.15) is 23.0 Å². The average Bonchev–Trinajstić information content (AvgIpc) is 3.18. The van der Waals surface area contributed by atoms with Crippen LogP contribution in [0.5, 0.6) is 16.6 Å². The zero-order valence-corrected chi connectivity index (χ0v) is 16.5. The summed E-state index contributed by atoms with van der Waals surface area (Å²) in [5.74, 6) is -0.631. The SMILES string of the molecule is COc1ccc2c(c1Cl)c(OC(C)=O)c(C)n2C(=O)c1csc(OC(F)F)c1. The molecule has 6 nitrogen and oxygen atoms in total. The van der Waals surface area contributed by atoms with Gasteiger partial charge in [-0.05, 0) is 19.1 Å². The molecule has 28 heavy (non-hydrogen) atoms. The van der Waals surface area contributed by atoms with Gasteiger partial charge in [-0.3, -0.25) is 14.2 Å². The average molecular weight is 430 g/mol. The van der Waals surface area contributed by atoms with Crippen molar-refractivity contribution in [1.82, 2.24) is 4.57 Å². The topological polar surface area (TPSA) is 66.8 Å². The lowest BCUT2D eigenvalue weighted by atomic mass is 10.2. The van der Waals surface area contributed by atoms with Crippen molar-refractivity contribution in [1.29, 1.82) is 0 Å². The molecule has 0 aliphatic carbocycles. The summed E-state index contributed by atoms with van der Waals surface area (Å²) in [6, 6.07) is 4.40. The molecule has 0 radical (unpaired) electrons. The van der Waals surface area contributed by atoms with E-state index in [0.717, 1.165) is 11.3 Å². The molecule has 3 rings (SSSR count). The van der Waals surface area contributed by atoms with E-state index in [1.54, 1.807) is 19.1 Å². The lowest BCUT2D eigenvalue weighted by Gasteiger charge is -2.07. The highest BCUT2D eigenvalue weighted by Crippen LogP contribution is 2.42. The number of ether oxygens (including phenoxy) is 3. The maximum absolute atomic E-state index is 13.1. The van der Waals surface area contributed by atoms with Gasteiger partial charge in [0.15, 0.2) is 10.8 Å². The fourth-order valence-corrected chi connectivity index (χ4v) is 3.87. The molecule has 10 heteroatoms. The minimum atomic E-state index is -2.99. The van der Waals surface area contributed by atoms with Crippen molar-refractivity contribution in [3.8, 4) is 16.6 Å². The molecular formula is C18H14ClF2NO5S. The number of hydrogen-bond acceptors (Lipinski definition) is 6. The largest absolute Gasteiger partial charge is 0.495 e. The summed E-state index contributed by atoms with van der Waals surface area (Å²) in [7, 11) is 1.43. The van der Waals surface area contributed by atoms with Crippen LogP contribution in [0.15, 0.2) is 23.6 Å².